The topological polar surface area (TPSA) is 32.3 Å². The summed E-state index contributed by atoms with van der Waals surface area (Å²) in [6.07, 6.45) is 8.59. The fraction of sp³-hybridized carbons (Fsp3) is 0.929. The smallest absolute Gasteiger partial charge is 0.239 e. The van der Waals surface area contributed by atoms with E-state index in [-0.39, 0.29) is 6.04 Å². The Morgan fingerprint density at radius 3 is 2.59 bits per heavy atom. The van der Waals surface area contributed by atoms with Gasteiger partial charge in [-0.3, -0.25) is 4.79 Å². The Bertz CT molecular complexity index is 301. The summed E-state index contributed by atoms with van der Waals surface area (Å²) in [5.41, 5.74) is 0. The summed E-state index contributed by atoms with van der Waals surface area (Å²) >= 11 is 0. The molecule has 0 aromatic rings. The van der Waals surface area contributed by atoms with Crippen molar-refractivity contribution in [2.24, 2.45) is 5.92 Å². The van der Waals surface area contributed by atoms with Crippen molar-refractivity contribution in [3.8, 4) is 0 Å². The predicted octanol–water partition coefficient (Wildman–Crippen LogP) is 1.92. The third-order valence-corrected chi connectivity index (χ3v) is 4.70. The Balaban J connectivity index is 1.65. The predicted molar refractivity (Wildman–Crippen MR) is 67.7 cm³/mol. The molecule has 0 radical (unpaired) electrons. The minimum absolute atomic E-state index is 0.129. The highest BCUT2D eigenvalue weighted by atomic mass is 16.2. The molecule has 3 aliphatic rings. The van der Waals surface area contributed by atoms with E-state index in [0.717, 1.165) is 13.0 Å². The fourth-order valence-electron chi connectivity index (χ4n) is 3.51. The van der Waals surface area contributed by atoms with Gasteiger partial charge in [-0.1, -0.05) is 13.3 Å². The van der Waals surface area contributed by atoms with E-state index in [0.29, 0.717) is 23.9 Å². The molecule has 1 aliphatic heterocycles. The van der Waals surface area contributed by atoms with Crippen molar-refractivity contribution in [2.75, 3.05) is 6.54 Å². The van der Waals surface area contributed by atoms with Crippen molar-refractivity contribution in [3.05, 3.63) is 0 Å². The molecule has 1 amide bonds. The Labute approximate surface area is 104 Å². The van der Waals surface area contributed by atoms with Crippen LogP contribution in [0.15, 0.2) is 0 Å². The van der Waals surface area contributed by atoms with E-state index in [4.69, 9.17) is 0 Å². The third kappa shape index (κ3) is 2.35. The van der Waals surface area contributed by atoms with Gasteiger partial charge in [0, 0.05) is 18.6 Å². The van der Waals surface area contributed by atoms with E-state index in [1.165, 1.54) is 38.5 Å². The molecule has 3 rings (SSSR count). The van der Waals surface area contributed by atoms with Gasteiger partial charge in [-0.05, 0) is 44.4 Å². The van der Waals surface area contributed by atoms with Gasteiger partial charge in [0.1, 0.15) is 0 Å². The molecule has 1 saturated heterocycles. The second-order valence-electron chi connectivity index (χ2n) is 6.14. The van der Waals surface area contributed by atoms with Crippen molar-refractivity contribution in [1.82, 2.24) is 10.2 Å². The molecule has 3 nitrogen and oxygen atoms in total. The van der Waals surface area contributed by atoms with Crippen molar-refractivity contribution in [1.29, 1.82) is 0 Å². The highest BCUT2D eigenvalue weighted by molar-refractivity contribution is 5.83. The molecular weight excluding hydrogens is 212 g/mol. The molecule has 96 valence electrons. The summed E-state index contributed by atoms with van der Waals surface area (Å²) in [6, 6.07) is 1.31. The second kappa shape index (κ2) is 4.60. The third-order valence-electron chi connectivity index (χ3n) is 4.70. The summed E-state index contributed by atoms with van der Waals surface area (Å²) in [5.74, 6) is 1.10. The van der Waals surface area contributed by atoms with Crippen LogP contribution in [0.3, 0.4) is 0 Å². The molecule has 0 aromatic heterocycles. The zero-order valence-electron chi connectivity index (χ0n) is 10.8. The van der Waals surface area contributed by atoms with Crippen molar-refractivity contribution >= 4 is 5.91 Å². The lowest BCUT2D eigenvalue weighted by Crippen LogP contribution is -2.55. The largest absolute Gasteiger partial charge is 0.338 e. The van der Waals surface area contributed by atoms with Crippen LogP contribution >= 0.6 is 0 Å². The minimum Gasteiger partial charge on any atom is -0.338 e. The van der Waals surface area contributed by atoms with Gasteiger partial charge < -0.3 is 10.2 Å². The van der Waals surface area contributed by atoms with Gasteiger partial charge in [-0.2, -0.15) is 0 Å². The van der Waals surface area contributed by atoms with Crippen LogP contribution in [0.1, 0.15) is 51.9 Å². The van der Waals surface area contributed by atoms with Gasteiger partial charge in [0.15, 0.2) is 0 Å². The van der Waals surface area contributed by atoms with E-state index < -0.39 is 0 Å². The monoisotopic (exact) mass is 236 g/mol. The number of likely N-dealkylation sites (tertiary alicyclic amines) is 1. The SMILES string of the molecule is CC1CCCC1N1CCCC(NC2CC2)C1=O. The van der Waals surface area contributed by atoms with Crippen molar-refractivity contribution < 1.29 is 4.79 Å². The Morgan fingerprint density at radius 2 is 1.94 bits per heavy atom. The first-order valence-corrected chi connectivity index (χ1v) is 7.32. The first-order chi connectivity index (χ1) is 8.25. The van der Waals surface area contributed by atoms with Crippen LogP contribution < -0.4 is 5.32 Å². The molecule has 3 fully saturated rings. The van der Waals surface area contributed by atoms with E-state index in [2.05, 4.69) is 17.1 Å². The van der Waals surface area contributed by atoms with E-state index in [1.54, 1.807) is 0 Å². The summed E-state index contributed by atoms with van der Waals surface area (Å²) in [5, 5.41) is 3.52. The highest BCUT2D eigenvalue weighted by Gasteiger charge is 2.38. The van der Waals surface area contributed by atoms with Crippen LogP contribution in [0.5, 0.6) is 0 Å². The van der Waals surface area contributed by atoms with Crippen LogP contribution in [-0.2, 0) is 4.79 Å². The van der Waals surface area contributed by atoms with Gasteiger partial charge >= 0.3 is 0 Å². The fourth-order valence-corrected chi connectivity index (χ4v) is 3.51. The molecule has 1 heterocycles. The normalized spacial score (nSPS) is 38.8. The number of carbonyl (C=O) groups is 1. The van der Waals surface area contributed by atoms with Crippen LogP contribution in [0.4, 0.5) is 0 Å². The average Bonchev–Trinajstić information content (AvgIpc) is 3.03. The molecule has 0 spiro atoms. The zero-order valence-corrected chi connectivity index (χ0v) is 10.8. The molecule has 3 heteroatoms. The number of hydrogen-bond acceptors (Lipinski definition) is 2. The molecule has 2 aliphatic carbocycles. The van der Waals surface area contributed by atoms with Gasteiger partial charge in [-0.15, -0.1) is 0 Å². The van der Waals surface area contributed by atoms with Crippen LogP contribution in [0.25, 0.3) is 0 Å². The maximum Gasteiger partial charge on any atom is 0.239 e. The highest BCUT2D eigenvalue weighted by Crippen LogP contribution is 2.32. The van der Waals surface area contributed by atoms with Gasteiger partial charge in [-0.25, -0.2) is 0 Å². The molecule has 2 saturated carbocycles. The summed E-state index contributed by atoms with van der Waals surface area (Å²) in [4.78, 5) is 14.7. The number of piperidine rings is 1. The van der Waals surface area contributed by atoms with Crippen LogP contribution in [-0.4, -0.2) is 35.5 Å². The Hall–Kier alpha value is -0.570. The lowest BCUT2D eigenvalue weighted by Gasteiger charge is -2.38. The first kappa shape index (κ1) is 11.5. The second-order valence-corrected chi connectivity index (χ2v) is 6.14. The molecule has 17 heavy (non-hydrogen) atoms. The summed E-state index contributed by atoms with van der Waals surface area (Å²) in [7, 11) is 0. The molecule has 0 aromatic carbocycles. The van der Waals surface area contributed by atoms with Crippen LogP contribution in [0, 0.1) is 5.92 Å². The molecular formula is C14H24N2O. The van der Waals surface area contributed by atoms with E-state index >= 15 is 0 Å². The maximum atomic E-state index is 12.5. The van der Waals surface area contributed by atoms with Gasteiger partial charge in [0.2, 0.25) is 5.91 Å². The van der Waals surface area contributed by atoms with Crippen molar-refractivity contribution in [3.63, 3.8) is 0 Å². The number of amides is 1. The summed E-state index contributed by atoms with van der Waals surface area (Å²) < 4.78 is 0. The minimum atomic E-state index is 0.129. The molecule has 3 unspecified atom stereocenters. The Morgan fingerprint density at radius 1 is 1.12 bits per heavy atom. The summed E-state index contributed by atoms with van der Waals surface area (Å²) in [6.45, 7) is 3.31. The Kier molecular flexibility index (Phi) is 3.12. The number of rotatable bonds is 3. The number of carbonyl (C=O) groups excluding carboxylic acids is 1. The average molecular weight is 236 g/mol. The number of nitrogens with one attached hydrogen (secondary N) is 1. The lowest BCUT2D eigenvalue weighted by molar-refractivity contribution is -0.139. The first-order valence-electron chi connectivity index (χ1n) is 7.32. The van der Waals surface area contributed by atoms with Crippen molar-refractivity contribution in [2.45, 2.75) is 70.0 Å². The number of hydrogen-bond donors (Lipinski definition) is 1. The zero-order chi connectivity index (χ0) is 11.8. The van der Waals surface area contributed by atoms with Crippen LogP contribution in [0.2, 0.25) is 0 Å². The maximum absolute atomic E-state index is 12.5. The van der Waals surface area contributed by atoms with Gasteiger partial charge in [0.25, 0.3) is 0 Å². The van der Waals surface area contributed by atoms with E-state index in [9.17, 15) is 4.79 Å². The number of nitrogens with zero attached hydrogens (tertiary/aromatic N) is 1. The van der Waals surface area contributed by atoms with E-state index in [1.807, 2.05) is 0 Å². The standard InChI is InChI=1S/C14H24N2O/c1-10-4-2-6-13(10)16-9-3-5-12(14(16)17)15-11-7-8-11/h10-13,15H,2-9H2,1H3. The molecule has 3 atom stereocenters. The lowest BCUT2D eigenvalue weighted by atomic mass is 9.98. The molecule has 1 N–H and O–H groups in total. The molecule has 0 bridgehead atoms. The van der Waals surface area contributed by atoms with Gasteiger partial charge in [0.05, 0.1) is 6.04 Å². The quantitative estimate of drug-likeness (QED) is 0.812.